The fourth-order valence-electron chi connectivity index (χ4n) is 3.53. The highest BCUT2D eigenvalue weighted by atomic mass is 35.5. The second-order valence-electron chi connectivity index (χ2n) is 6.77. The van der Waals surface area contributed by atoms with Gasteiger partial charge in [0, 0.05) is 29.5 Å². The molecule has 1 N–H and O–H groups in total. The standard InChI is InChI=1S/C21H21ClN2OS2/c22-18-3-1-16(2-4-18)19(12-23-21(25)11-15-6-9-26-14-15)24-8-5-20-17(13-24)7-10-27-20/h1-4,6-7,9-10,14,19H,5,8,11-13H2,(H,23,25). The van der Waals surface area contributed by atoms with Crippen molar-refractivity contribution in [2.45, 2.75) is 25.4 Å². The smallest absolute Gasteiger partial charge is 0.224 e. The molecule has 1 amide bonds. The summed E-state index contributed by atoms with van der Waals surface area (Å²) in [5.41, 5.74) is 3.67. The number of carbonyl (C=O) groups is 1. The first-order valence-corrected chi connectivity index (χ1v) is 11.2. The van der Waals surface area contributed by atoms with E-state index >= 15 is 0 Å². The molecule has 1 aliphatic rings. The second-order valence-corrected chi connectivity index (χ2v) is 8.99. The quantitative estimate of drug-likeness (QED) is 0.618. The minimum atomic E-state index is 0.0700. The van der Waals surface area contributed by atoms with Gasteiger partial charge in [-0.05, 0) is 63.5 Å². The van der Waals surface area contributed by atoms with Crippen LogP contribution in [-0.4, -0.2) is 23.9 Å². The lowest BCUT2D eigenvalue weighted by atomic mass is 10.0. The van der Waals surface area contributed by atoms with Crippen molar-refractivity contribution in [1.82, 2.24) is 10.2 Å². The molecule has 27 heavy (non-hydrogen) atoms. The maximum Gasteiger partial charge on any atom is 0.224 e. The van der Waals surface area contributed by atoms with Gasteiger partial charge < -0.3 is 5.32 Å². The van der Waals surface area contributed by atoms with Gasteiger partial charge in [-0.25, -0.2) is 0 Å². The van der Waals surface area contributed by atoms with Crippen LogP contribution in [0.25, 0.3) is 0 Å². The lowest BCUT2D eigenvalue weighted by Crippen LogP contribution is -2.40. The predicted octanol–water partition coefficient (Wildman–Crippen LogP) is 4.92. The Hall–Kier alpha value is -1.66. The van der Waals surface area contributed by atoms with Crippen LogP contribution in [0.2, 0.25) is 5.02 Å². The van der Waals surface area contributed by atoms with E-state index in [0.717, 1.165) is 30.1 Å². The Kier molecular flexibility index (Phi) is 5.93. The van der Waals surface area contributed by atoms with Gasteiger partial charge in [-0.3, -0.25) is 9.69 Å². The molecule has 3 aromatic rings. The molecule has 3 nitrogen and oxygen atoms in total. The normalized spacial score (nSPS) is 15.3. The molecule has 0 radical (unpaired) electrons. The second kappa shape index (κ2) is 8.57. The van der Waals surface area contributed by atoms with E-state index in [0.29, 0.717) is 13.0 Å². The number of halogens is 1. The molecule has 0 spiro atoms. The number of hydrogen-bond acceptors (Lipinski definition) is 4. The maximum absolute atomic E-state index is 12.4. The summed E-state index contributed by atoms with van der Waals surface area (Å²) < 4.78 is 0. The van der Waals surface area contributed by atoms with Crippen LogP contribution in [0.3, 0.4) is 0 Å². The first kappa shape index (κ1) is 18.7. The van der Waals surface area contributed by atoms with E-state index < -0.39 is 0 Å². The lowest BCUT2D eigenvalue weighted by Gasteiger charge is -2.35. The minimum absolute atomic E-state index is 0.0700. The highest BCUT2D eigenvalue weighted by Crippen LogP contribution is 2.30. The third kappa shape index (κ3) is 4.61. The summed E-state index contributed by atoms with van der Waals surface area (Å²) >= 11 is 9.55. The highest BCUT2D eigenvalue weighted by molar-refractivity contribution is 7.10. The van der Waals surface area contributed by atoms with Gasteiger partial charge in [0.25, 0.3) is 0 Å². The van der Waals surface area contributed by atoms with Gasteiger partial charge in [0.15, 0.2) is 0 Å². The van der Waals surface area contributed by atoms with Gasteiger partial charge in [0.05, 0.1) is 12.5 Å². The summed E-state index contributed by atoms with van der Waals surface area (Å²) in [7, 11) is 0. The third-order valence-electron chi connectivity index (χ3n) is 4.97. The fourth-order valence-corrected chi connectivity index (χ4v) is 5.21. The largest absolute Gasteiger partial charge is 0.354 e. The van der Waals surface area contributed by atoms with Crippen LogP contribution in [0.1, 0.15) is 27.6 Å². The van der Waals surface area contributed by atoms with Crippen molar-refractivity contribution < 1.29 is 4.79 Å². The van der Waals surface area contributed by atoms with Crippen LogP contribution in [0.15, 0.2) is 52.5 Å². The highest BCUT2D eigenvalue weighted by Gasteiger charge is 2.26. The Morgan fingerprint density at radius 2 is 2.04 bits per heavy atom. The number of thiophene rings is 2. The van der Waals surface area contributed by atoms with Gasteiger partial charge in [0.2, 0.25) is 5.91 Å². The number of rotatable bonds is 6. The molecule has 0 saturated heterocycles. The van der Waals surface area contributed by atoms with Gasteiger partial charge in [-0.15, -0.1) is 11.3 Å². The lowest BCUT2D eigenvalue weighted by molar-refractivity contribution is -0.120. The number of benzene rings is 1. The Bertz CT molecular complexity index is 889. The average molecular weight is 417 g/mol. The van der Waals surface area contributed by atoms with Crippen molar-refractivity contribution in [2.24, 2.45) is 0 Å². The van der Waals surface area contributed by atoms with E-state index in [1.807, 2.05) is 40.3 Å². The SMILES string of the molecule is O=C(Cc1ccsc1)NCC(c1ccc(Cl)cc1)N1CCc2sccc2C1. The Morgan fingerprint density at radius 3 is 2.81 bits per heavy atom. The van der Waals surface area contributed by atoms with Crippen LogP contribution < -0.4 is 5.32 Å². The van der Waals surface area contributed by atoms with E-state index in [4.69, 9.17) is 11.6 Å². The van der Waals surface area contributed by atoms with Gasteiger partial charge >= 0.3 is 0 Å². The van der Waals surface area contributed by atoms with Gasteiger partial charge in [0.1, 0.15) is 0 Å². The molecule has 2 aromatic heterocycles. The summed E-state index contributed by atoms with van der Waals surface area (Å²) in [6, 6.07) is 12.4. The summed E-state index contributed by atoms with van der Waals surface area (Å²) in [4.78, 5) is 16.3. The van der Waals surface area contributed by atoms with E-state index in [1.165, 1.54) is 16.0 Å². The number of nitrogens with zero attached hydrogens (tertiary/aromatic N) is 1. The Balaban J connectivity index is 1.48. The van der Waals surface area contributed by atoms with Crippen LogP contribution in [0.5, 0.6) is 0 Å². The molecule has 0 bridgehead atoms. The van der Waals surface area contributed by atoms with Crippen molar-refractivity contribution in [3.05, 3.63) is 79.1 Å². The fraction of sp³-hybridized carbons (Fsp3) is 0.286. The van der Waals surface area contributed by atoms with Crippen LogP contribution in [0, 0.1) is 0 Å². The van der Waals surface area contributed by atoms with E-state index in [9.17, 15) is 4.79 Å². The monoisotopic (exact) mass is 416 g/mol. The van der Waals surface area contributed by atoms with E-state index in [2.05, 4.69) is 33.8 Å². The van der Waals surface area contributed by atoms with Gasteiger partial charge in [-0.2, -0.15) is 11.3 Å². The van der Waals surface area contributed by atoms with Crippen LogP contribution in [-0.2, 0) is 24.2 Å². The summed E-state index contributed by atoms with van der Waals surface area (Å²) in [6.07, 6.45) is 1.51. The van der Waals surface area contributed by atoms with Crippen LogP contribution in [0.4, 0.5) is 0 Å². The Labute approximate surface area is 172 Å². The zero-order valence-electron chi connectivity index (χ0n) is 14.9. The Morgan fingerprint density at radius 1 is 1.19 bits per heavy atom. The number of hydrogen-bond donors (Lipinski definition) is 1. The van der Waals surface area contributed by atoms with Gasteiger partial charge in [-0.1, -0.05) is 23.7 Å². The molecule has 0 saturated carbocycles. The van der Waals surface area contributed by atoms with Crippen LogP contribution >= 0.6 is 34.3 Å². The molecule has 3 heterocycles. The molecule has 1 aliphatic heterocycles. The zero-order valence-corrected chi connectivity index (χ0v) is 17.2. The number of amides is 1. The van der Waals surface area contributed by atoms with Crippen molar-refractivity contribution >= 4 is 40.2 Å². The first-order valence-electron chi connectivity index (χ1n) is 9.01. The molecule has 0 fully saturated rings. The summed E-state index contributed by atoms with van der Waals surface area (Å²) in [6.45, 7) is 2.53. The minimum Gasteiger partial charge on any atom is -0.354 e. The van der Waals surface area contributed by atoms with Crippen molar-refractivity contribution in [3.63, 3.8) is 0 Å². The summed E-state index contributed by atoms with van der Waals surface area (Å²) in [5.74, 6) is 0.0700. The molecule has 4 rings (SSSR count). The predicted molar refractivity (Wildman–Crippen MR) is 114 cm³/mol. The molecular weight excluding hydrogens is 396 g/mol. The molecule has 1 unspecified atom stereocenters. The van der Waals surface area contributed by atoms with E-state index in [-0.39, 0.29) is 11.9 Å². The first-order chi connectivity index (χ1) is 13.2. The molecule has 1 aromatic carbocycles. The average Bonchev–Trinajstić information content (AvgIpc) is 3.34. The van der Waals surface area contributed by atoms with Crippen molar-refractivity contribution in [3.8, 4) is 0 Å². The third-order valence-corrected chi connectivity index (χ3v) is 6.98. The number of fused-ring (bicyclic) bond motifs is 1. The summed E-state index contributed by atoms with van der Waals surface area (Å²) in [5, 5.41) is 10.1. The number of nitrogens with one attached hydrogen (secondary N) is 1. The molecular formula is C21H21ClN2OS2. The molecule has 6 heteroatoms. The number of carbonyl (C=O) groups excluding carboxylic acids is 1. The molecule has 140 valence electrons. The topological polar surface area (TPSA) is 32.3 Å². The van der Waals surface area contributed by atoms with E-state index in [1.54, 1.807) is 11.3 Å². The molecule has 0 aliphatic carbocycles. The molecule has 1 atom stereocenters. The van der Waals surface area contributed by atoms with Crippen molar-refractivity contribution in [1.29, 1.82) is 0 Å². The maximum atomic E-state index is 12.4. The zero-order chi connectivity index (χ0) is 18.6. The van der Waals surface area contributed by atoms with Crippen molar-refractivity contribution in [2.75, 3.05) is 13.1 Å².